The van der Waals surface area contributed by atoms with Crippen molar-refractivity contribution in [1.82, 2.24) is 10.0 Å². The molecule has 0 aromatic heterocycles. The van der Waals surface area contributed by atoms with Crippen LogP contribution in [0.4, 0.5) is 0 Å². The molecule has 0 atom stereocenters. The van der Waals surface area contributed by atoms with Gasteiger partial charge in [-0.05, 0) is 34.4 Å². The maximum absolute atomic E-state index is 13.3. The van der Waals surface area contributed by atoms with E-state index in [-0.39, 0.29) is 17.3 Å². The largest absolute Gasteiger partial charge is 0.348 e. The Hall–Kier alpha value is -3.74. The number of benzene rings is 4. The van der Waals surface area contributed by atoms with Gasteiger partial charge in [0.2, 0.25) is 10.0 Å². The standard InChI is InChI=1S/C27H24N2O3S/c30-27(28-19-21-11-4-1-5-12-21)26-23(15-10-18-25(26)22-13-6-2-7-14-22)20-29-33(31,32)24-16-8-3-9-17-24/h1-18,29H,19-20H2,(H,28,30). The van der Waals surface area contributed by atoms with Gasteiger partial charge < -0.3 is 5.32 Å². The number of sulfonamides is 1. The lowest BCUT2D eigenvalue weighted by Gasteiger charge is -2.16. The quantitative estimate of drug-likeness (QED) is 0.401. The van der Waals surface area contributed by atoms with E-state index < -0.39 is 10.0 Å². The summed E-state index contributed by atoms with van der Waals surface area (Å²) in [5, 5.41) is 2.98. The molecule has 33 heavy (non-hydrogen) atoms. The van der Waals surface area contributed by atoms with E-state index in [1.807, 2.05) is 72.8 Å². The average Bonchev–Trinajstić information content (AvgIpc) is 2.87. The number of hydrogen-bond donors (Lipinski definition) is 2. The molecular formula is C27H24N2O3S. The van der Waals surface area contributed by atoms with E-state index >= 15 is 0 Å². The van der Waals surface area contributed by atoms with Gasteiger partial charge >= 0.3 is 0 Å². The Labute approximate surface area is 194 Å². The molecule has 0 fully saturated rings. The molecule has 0 saturated heterocycles. The Kier molecular flexibility index (Phi) is 6.98. The number of carbonyl (C=O) groups excluding carboxylic acids is 1. The first-order valence-electron chi connectivity index (χ1n) is 10.6. The Morgan fingerprint density at radius 1 is 0.667 bits per heavy atom. The van der Waals surface area contributed by atoms with Crippen LogP contribution in [0.3, 0.4) is 0 Å². The van der Waals surface area contributed by atoms with Gasteiger partial charge in [0.15, 0.2) is 0 Å². The van der Waals surface area contributed by atoms with E-state index in [2.05, 4.69) is 10.0 Å². The third-order valence-electron chi connectivity index (χ3n) is 5.26. The summed E-state index contributed by atoms with van der Waals surface area (Å²) in [4.78, 5) is 13.5. The molecule has 0 heterocycles. The van der Waals surface area contributed by atoms with Crippen molar-refractivity contribution in [2.75, 3.05) is 0 Å². The molecule has 4 aromatic rings. The van der Waals surface area contributed by atoms with E-state index in [9.17, 15) is 13.2 Å². The van der Waals surface area contributed by atoms with Gasteiger partial charge in [-0.15, -0.1) is 0 Å². The molecule has 0 aliphatic heterocycles. The van der Waals surface area contributed by atoms with Crippen LogP contribution >= 0.6 is 0 Å². The van der Waals surface area contributed by atoms with Crippen molar-refractivity contribution in [1.29, 1.82) is 0 Å². The Bertz CT molecular complexity index is 1320. The molecule has 2 N–H and O–H groups in total. The molecule has 4 rings (SSSR count). The number of nitrogens with one attached hydrogen (secondary N) is 2. The van der Waals surface area contributed by atoms with Crippen molar-refractivity contribution in [3.05, 3.63) is 126 Å². The smallest absolute Gasteiger partial charge is 0.252 e. The highest BCUT2D eigenvalue weighted by Crippen LogP contribution is 2.27. The summed E-state index contributed by atoms with van der Waals surface area (Å²) >= 11 is 0. The molecule has 0 radical (unpaired) electrons. The summed E-state index contributed by atoms with van der Waals surface area (Å²) in [5.41, 5.74) is 3.67. The summed E-state index contributed by atoms with van der Waals surface area (Å²) < 4.78 is 28.1. The van der Waals surface area contributed by atoms with Crippen LogP contribution in [-0.2, 0) is 23.1 Å². The zero-order chi connectivity index (χ0) is 23.1. The normalized spacial score (nSPS) is 11.2. The van der Waals surface area contributed by atoms with Gasteiger partial charge in [0.05, 0.1) is 10.5 Å². The van der Waals surface area contributed by atoms with Crippen molar-refractivity contribution in [2.24, 2.45) is 0 Å². The third kappa shape index (κ3) is 5.55. The molecule has 5 nitrogen and oxygen atoms in total. The zero-order valence-electron chi connectivity index (χ0n) is 17.9. The summed E-state index contributed by atoms with van der Waals surface area (Å²) in [7, 11) is -3.72. The topological polar surface area (TPSA) is 75.3 Å². The van der Waals surface area contributed by atoms with Crippen molar-refractivity contribution in [3.8, 4) is 11.1 Å². The van der Waals surface area contributed by atoms with Crippen LogP contribution in [0.1, 0.15) is 21.5 Å². The fraction of sp³-hybridized carbons (Fsp3) is 0.0741. The number of carbonyl (C=O) groups is 1. The number of hydrogen-bond acceptors (Lipinski definition) is 3. The molecule has 0 aliphatic rings. The third-order valence-corrected chi connectivity index (χ3v) is 6.68. The molecule has 1 amide bonds. The van der Waals surface area contributed by atoms with Crippen LogP contribution in [-0.4, -0.2) is 14.3 Å². The van der Waals surface area contributed by atoms with Crippen molar-refractivity contribution >= 4 is 15.9 Å². The van der Waals surface area contributed by atoms with Crippen LogP contribution < -0.4 is 10.0 Å². The van der Waals surface area contributed by atoms with E-state index in [1.54, 1.807) is 24.3 Å². The first-order valence-corrected chi connectivity index (χ1v) is 12.1. The van der Waals surface area contributed by atoms with E-state index in [1.165, 1.54) is 12.1 Å². The van der Waals surface area contributed by atoms with Gasteiger partial charge in [-0.3, -0.25) is 4.79 Å². The highest BCUT2D eigenvalue weighted by Gasteiger charge is 2.20. The monoisotopic (exact) mass is 456 g/mol. The van der Waals surface area contributed by atoms with Crippen LogP contribution in [0.25, 0.3) is 11.1 Å². The van der Waals surface area contributed by atoms with Gasteiger partial charge in [-0.25, -0.2) is 13.1 Å². The highest BCUT2D eigenvalue weighted by molar-refractivity contribution is 7.89. The zero-order valence-corrected chi connectivity index (χ0v) is 18.8. The first kappa shape index (κ1) is 22.5. The summed E-state index contributed by atoms with van der Waals surface area (Å²) in [5.74, 6) is -0.257. The predicted molar refractivity (Wildman–Crippen MR) is 130 cm³/mol. The van der Waals surface area contributed by atoms with Crippen LogP contribution in [0, 0.1) is 0 Å². The Morgan fingerprint density at radius 2 is 1.27 bits per heavy atom. The van der Waals surface area contributed by atoms with E-state index in [0.717, 1.165) is 16.7 Å². The maximum Gasteiger partial charge on any atom is 0.252 e. The minimum Gasteiger partial charge on any atom is -0.348 e. The van der Waals surface area contributed by atoms with Gasteiger partial charge in [0.25, 0.3) is 5.91 Å². The minimum atomic E-state index is -3.72. The fourth-order valence-corrected chi connectivity index (χ4v) is 4.62. The molecular weight excluding hydrogens is 432 g/mol. The molecule has 0 saturated carbocycles. The van der Waals surface area contributed by atoms with Crippen molar-refractivity contribution in [2.45, 2.75) is 18.0 Å². The summed E-state index contributed by atoms with van der Waals surface area (Å²) in [6, 6.07) is 32.9. The summed E-state index contributed by atoms with van der Waals surface area (Å²) in [6.07, 6.45) is 0. The minimum absolute atomic E-state index is 0.00794. The van der Waals surface area contributed by atoms with E-state index in [4.69, 9.17) is 0 Å². The van der Waals surface area contributed by atoms with Gasteiger partial charge in [0, 0.05) is 13.1 Å². The second-order valence-electron chi connectivity index (χ2n) is 7.51. The lowest BCUT2D eigenvalue weighted by molar-refractivity contribution is 0.0950. The molecule has 6 heteroatoms. The number of rotatable bonds is 8. The highest BCUT2D eigenvalue weighted by atomic mass is 32.2. The van der Waals surface area contributed by atoms with Crippen LogP contribution in [0.5, 0.6) is 0 Å². The average molecular weight is 457 g/mol. The van der Waals surface area contributed by atoms with Gasteiger partial charge in [0.1, 0.15) is 0 Å². The lowest BCUT2D eigenvalue weighted by atomic mass is 9.94. The molecule has 0 spiro atoms. The van der Waals surface area contributed by atoms with Gasteiger partial charge in [-0.1, -0.05) is 97.1 Å². The second-order valence-corrected chi connectivity index (χ2v) is 9.28. The van der Waals surface area contributed by atoms with Crippen molar-refractivity contribution in [3.63, 3.8) is 0 Å². The fourth-order valence-electron chi connectivity index (χ4n) is 3.60. The molecule has 0 unspecified atom stereocenters. The molecule has 0 aliphatic carbocycles. The predicted octanol–water partition coefficient (Wildman–Crippen LogP) is 4.76. The Morgan fingerprint density at radius 3 is 1.94 bits per heavy atom. The van der Waals surface area contributed by atoms with Crippen molar-refractivity contribution < 1.29 is 13.2 Å². The number of amides is 1. The van der Waals surface area contributed by atoms with Gasteiger partial charge in [-0.2, -0.15) is 0 Å². The second kappa shape index (κ2) is 10.3. The van der Waals surface area contributed by atoms with Crippen LogP contribution in [0.15, 0.2) is 114 Å². The SMILES string of the molecule is O=C(NCc1ccccc1)c1c(CNS(=O)(=O)c2ccccc2)cccc1-c1ccccc1. The van der Waals surface area contributed by atoms with Crippen LogP contribution in [0.2, 0.25) is 0 Å². The molecule has 4 aromatic carbocycles. The van der Waals surface area contributed by atoms with E-state index in [0.29, 0.717) is 17.7 Å². The maximum atomic E-state index is 13.3. The lowest BCUT2D eigenvalue weighted by Crippen LogP contribution is -2.28. The summed E-state index contributed by atoms with van der Waals surface area (Å²) in [6.45, 7) is 0.365. The molecule has 0 bridgehead atoms. The first-order chi connectivity index (χ1) is 16.0. The Balaban J connectivity index is 1.65. The molecule has 166 valence electrons.